The lowest BCUT2D eigenvalue weighted by molar-refractivity contribution is 0.340. The van der Waals surface area contributed by atoms with Gasteiger partial charge in [-0.2, -0.15) is 0 Å². The second-order valence-corrected chi connectivity index (χ2v) is 5.01. The lowest BCUT2D eigenvalue weighted by atomic mass is 10.1. The van der Waals surface area contributed by atoms with Crippen molar-refractivity contribution in [3.05, 3.63) is 24.3 Å². The Balaban J connectivity index is 2.02. The Kier molecular flexibility index (Phi) is 8.95. The molecule has 1 N–H and O–H groups in total. The van der Waals surface area contributed by atoms with Crippen LogP contribution in [0.5, 0.6) is 5.75 Å². The summed E-state index contributed by atoms with van der Waals surface area (Å²) in [5, 5.41) is 3.46. The van der Waals surface area contributed by atoms with E-state index in [1.165, 1.54) is 50.6 Å². The lowest BCUT2D eigenvalue weighted by Gasteiger charge is -2.08. The zero-order chi connectivity index (χ0) is 13.8. The van der Waals surface area contributed by atoms with Crippen molar-refractivity contribution in [2.24, 2.45) is 0 Å². The fourth-order valence-corrected chi connectivity index (χ4v) is 2.15. The monoisotopic (exact) mass is 263 g/mol. The molecule has 0 saturated carbocycles. The number of unbranched alkanes of at least 4 members (excludes halogenated alkanes) is 6. The van der Waals surface area contributed by atoms with Gasteiger partial charge >= 0.3 is 0 Å². The first-order valence-corrected chi connectivity index (χ1v) is 7.83. The highest BCUT2D eigenvalue weighted by atomic mass is 16.5. The summed E-state index contributed by atoms with van der Waals surface area (Å²) < 4.78 is 5.42. The van der Waals surface area contributed by atoms with Gasteiger partial charge in [0.1, 0.15) is 5.75 Å². The molecule has 0 aliphatic heterocycles. The Morgan fingerprint density at radius 2 is 1.47 bits per heavy atom. The quantitative estimate of drug-likeness (QED) is 0.551. The minimum Gasteiger partial charge on any atom is -0.494 e. The summed E-state index contributed by atoms with van der Waals surface area (Å²) in [6.45, 7) is 6.07. The molecule has 0 aliphatic carbocycles. The van der Waals surface area contributed by atoms with Gasteiger partial charge in [-0.1, -0.05) is 45.4 Å². The van der Waals surface area contributed by atoms with Gasteiger partial charge in [0, 0.05) is 12.2 Å². The van der Waals surface area contributed by atoms with E-state index in [9.17, 15) is 0 Å². The van der Waals surface area contributed by atoms with E-state index in [2.05, 4.69) is 24.4 Å². The Morgan fingerprint density at radius 1 is 0.842 bits per heavy atom. The Morgan fingerprint density at radius 3 is 2.11 bits per heavy atom. The highest BCUT2D eigenvalue weighted by molar-refractivity contribution is 5.46. The average Bonchev–Trinajstić information content (AvgIpc) is 2.44. The van der Waals surface area contributed by atoms with Crippen LogP contribution in [0.25, 0.3) is 0 Å². The third-order valence-electron chi connectivity index (χ3n) is 3.27. The first-order valence-electron chi connectivity index (χ1n) is 7.83. The molecule has 0 fully saturated rings. The van der Waals surface area contributed by atoms with Gasteiger partial charge in [-0.3, -0.25) is 0 Å². The predicted molar refractivity (Wildman–Crippen MR) is 84.1 cm³/mol. The van der Waals surface area contributed by atoms with Crippen LogP contribution in [-0.4, -0.2) is 13.2 Å². The van der Waals surface area contributed by atoms with Crippen LogP contribution >= 0.6 is 0 Å². The van der Waals surface area contributed by atoms with Gasteiger partial charge < -0.3 is 10.1 Å². The lowest BCUT2D eigenvalue weighted by Crippen LogP contribution is -2.01. The van der Waals surface area contributed by atoms with Crippen molar-refractivity contribution >= 4 is 5.69 Å². The number of hydrogen-bond acceptors (Lipinski definition) is 2. The molecule has 0 spiro atoms. The molecule has 0 amide bonds. The molecule has 2 heteroatoms. The number of hydrogen-bond donors (Lipinski definition) is 1. The molecule has 0 aliphatic rings. The maximum absolute atomic E-state index is 5.42. The summed E-state index contributed by atoms with van der Waals surface area (Å²) in [6.07, 6.45) is 9.52. The molecule has 0 radical (unpaired) electrons. The molecular formula is C17H29NO. The Labute approximate surface area is 118 Å². The molecule has 2 nitrogen and oxygen atoms in total. The van der Waals surface area contributed by atoms with Crippen LogP contribution in [0.4, 0.5) is 5.69 Å². The van der Waals surface area contributed by atoms with E-state index in [1.807, 2.05) is 19.1 Å². The molecule has 1 aromatic rings. The SMILES string of the molecule is CCCCCCCCCNc1ccc(OCC)cc1. The fraction of sp³-hybridized carbons (Fsp3) is 0.647. The van der Waals surface area contributed by atoms with Crippen molar-refractivity contribution in [1.82, 2.24) is 0 Å². The van der Waals surface area contributed by atoms with Crippen molar-refractivity contribution in [2.45, 2.75) is 58.8 Å². The van der Waals surface area contributed by atoms with Crippen LogP contribution in [0.15, 0.2) is 24.3 Å². The zero-order valence-corrected chi connectivity index (χ0v) is 12.6. The summed E-state index contributed by atoms with van der Waals surface area (Å²) in [5.41, 5.74) is 1.19. The molecule has 1 aromatic carbocycles. The molecule has 0 bridgehead atoms. The van der Waals surface area contributed by atoms with E-state index in [0.29, 0.717) is 0 Å². The van der Waals surface area contributed by atoms with Gasteiger partial charge in [-0.25, -0.2) is 0 Å². The molecule has 19 heavy (non-hydrogen) atoms. The summed E-state index contributed by atoms with van der Waals surface area (Å²) in [6, 6.07) is 8.23. The summed E-state index contributed by atoms with van der Waals surface area (Å²) >= 11 is 0. The molecule has 1 rings (SSSR count). The number of rotatable bonds is 11. The third-order valence-corrected chi connectivity index (χ3v) is 3.27. The van der Waals surface area contributed by atoms with Crippen molar-refractivity contribution in [1.29, 1.82) is 0 Å². The zero-order valence-electron chi connectivity index (χ0n) is 12.6. The summed E-state index contributed by atoms with van der Waals surface area (Å²) in [7, 11) is 0. The van der Waals surface area contributed by atoms with Crippen LogP contribution in [-0.2, 0) is 0 Å². The summed E-state index contributed by atoms with van der Waals surface area (Å²) in [5.74, 6) is 0.948. The summed E-state index contributed by atoms with van der Waals surface area (Å²) in [4.78, 5) is 0. The van der Waals surface area contributed by atoms with E-state index in [1.54, 1.807) is 0 Å². The third kappa shape index (κ3) is 7.76. The van der Waals surface area contributed by atoms with Crippen molar-refractivity contribution in [3.63, 3.8) is 0 Å². The maximum atomic E-state index is 5.42. The van der Waals surface area contributed by atoms with Crippen LogP contribution < -0.4 is 10.1 Å². The second-order valence-electron chi connectivity index (χ2n) is 5.01. The molecule has 0 heterocycles. The first kappa shape index (κ1) is 15.9. The number of ether oxygens (including phenoxy) is 1. The van der Waals surface area contributed by atoms with Gasteiger partial charge in [0.25, 0.3) is 0 Å². The van der Waals surface area contributed by atoms with E-state index in [0.717, 1.165) is 18.9 Å². The van der Waals surface area contributed by atoms with E-state index >= 15 is 0 Å². The molecule has 0 saturated heterocycles. The number of benzene rings is 1. The molecule has 0 unspecified atom stereocenters. The van der Waals surface area contributed by atoms with Crippen molar-refractivity contribution in [2.75, 3.05) is 18.5 Å². The predicted octanol–water partition coefficient (Wildman–Crippen LogP) is 5.25. The average molecular weight is 263 g/mol. The highest BCUT2D eigenvalue weighted by Crippen LogP contribution is 2.15. The van der Waals surface area contributed by atoms with Gasteiger partial charge in [-0.05, 0) is 37.6 Å². The normalized spacial score (nSPS) is 10.4. The number of anilines is 1. The van der Waals surface area contributed by atoms with Crippen molar-refractivity contribution in [3.8, 4) is 5.75 Å². The van der Waals surface area contributed by atoms with Crippen LogP contribution in [0.2, 0.25) is 0 Å². The molecule has 108 valence electrons. The minimum atomic E-state index is 0.727. The van der Waals surface area contributed by atoms with E-state index in [-0.39, 0.29) is 0 Å². The van der Waals surface area contributed by atoms with E-state index < -0.39 is 0 Å². The van der Waals surface area contributed by atoms with E-state index in [4.69, 9.17) is 4.74 Å². The topological polar surface area (TPSA) is 21.3 Å². The molecule has 0 aromatic heterocycles. The van der Waals surface area contributed by atoms with Crippen molar-refractivity contribution < 1.29 is 4.74 Å². The first-order chi connectivity index (χ1) is 9.36. The molecular weight excluding hydrogens is 234 g/mol. The van der Waals surface area contributed by atoms with Gasteiger partial charge in [0.05, 0.1) is 6.61 Å². The number of nitrogens with one attached hydrogen (secondary N) is 1. The highest BCUT2D eigenvalue weighted by Gasteiger charge is 1.95. The van der Waals surface area contributed by atoms with Gasteiger partial charge in [0.15, 0.2) is 0 Å². The van der Waals surface area contributed by atoms with Crippen LogP contribution in [0.3, 0.4) is 0 Å². The molecule has 0 atom stereocenters. The minimum absolute atomic E-state index is 0.727. The van der Waals surface area contributed by atoms with Crippen LogP contribution in [0.1, 0.15) is 58.8 Å². The maximum Gasteiger partial charge on any atom is 0.119 e. The Hall–Kier alpha value is -1.18. The van der Waals surface area contributed by atoms with Gasteiger partial charge in [0.2, 0.25) is 0 Å². The van der Waals surface area contributed by atoms with Gasteiger partial charge in [-0.15, -0.1) is 0 Å². The fourth-order valence-electron chi connectivity index (χ4n) is 2.15. The van der Waals surface area contributed by atoms with Crippen LogP contribution in [0, 0.1) is 0 Å². The smallest absolute Gasteiger partial charge is 0.119 e. The largest absolute Gasteiger partial charge is 0.494 e. The standard InChI is InChI=1S/C17H29NO/c1-3-5-6-7-8-9-10-15-18-16-11-13-17(14-12-16)19-4-2/h11-14,18H,3-10,15H2,1-2H3. The second kappa shape index (κ2) is 10.7. The Bertz CT molecular complexity index is 308.